The fourth-order valence-electron chi connectivity index (χ4n) is 2.08. The van der Waals surface area contributed by atoms with E-state index in [9.17, 15) is 9.59 Å². The van der Waals surface area contributed by atoms with Crippen LogP contribution in [0.4, 0.5) is 5.69 Å². The maximum Gasteiger partial charge on any atom is 0.234 e. The van der Waals surface area contributed by atoms with Crippen LogP contribution in [-0.2, 0) is 9.59 Å². The van der Waals surface area contributed by atoms with E-state index in [2.05, 4.69) is 15.9 Å². The predicted molar refractivity (Wildman–Crippen MR) is 65.3 cm³/mol. The lowest BCUT2D eigenvalue weighted by atomic mass is 10.1. The van der Waals surface area contributed by atoms with E-state index in [-0.39, 0.29) is 11.8 Å². The standard InChI is InChI=1S/C12H12BrNO2/c1-7-5-9(13)6-8(2)12(7)14-10(15)3-4-11(14)16/h5-6H,3-4H2,1-2H3. The van der Waals surface area contributed by atoms with Crippen LogP contribution in [0.25, 0.3) is 0 Å². The highest BCUT2D eigenvalue weighted by molar-refractivity contribution is 9.10. The van der Waals surface area contributed by atoms with E-state index < -0.39 is 0 Å². The summed E-state index contributed by atoms with van der Waals surface area (Å²) in [5.41, 5.74) is 2.63. The fraction of sp³-hybridized carbons (Fsp3) is 0.333. The highest BCUT2D eigenvalue weighted by Gasteiger charge is 2.32. The van der Waals surface area contributed by atoms with Gasteiger partial charge in [0.2, 0.25) is 11.8 Å². The average Bonchev–Trinajstić information content (AvgIpc) is 2.47. The van der Waals surface area contributed by atoms with Gasteiger partial charge in [-0.1, -0.05) is 15.9 Å². The van der Waals surface area contributed by atoms with Gasteiger partial charge in [-0.25, -0.2) is 0 Å². The van der Waals surface area contributed by atoms with Crippen LogP contribution in [-0.4, -0.2) is 11.8 Å². The summed E-state index contributed by atoms with van der Waals surface area (Å²) in [7, 11) is 0. The molecule has 0 bridgehead atoms. The summed E-state index contributed by atoms with van der Waals surface area (Å²) >= 11 is 3.40. The summed E-state index contributed by atoms with van der Waals surface area (Å²) in [6.07, 6.45) is 0.654. The van der Waals surface area contributed by atoms with E-state index in [1.165, 1.54) is 4.90 Å². The summed E-state index contributed by atoms with van der Waals surface area (Å²) in [5.74, 6) is -0.197. The second kappa shape index (κ2) is 4.01. The minimum Gasteiger partial charge on any atom is -0.274 e. The van der Waals surface area contributed by atoms with Gasteiger partial charge in [-0.05, 0) is 37.1 Å². The van der Waals surface area contributed by atoms with E-state index in [1.807, 2.05) is 26.0 Å². The van der Waals surface area contributed by atoms with Gasteiger partial charge in [0.15, 0.2) is 0 Å². The van der Waals surface area contributed by atoms with Crippen LogP contribution >= 0.6 is 15.9 Å². The second-order valence-corrected chi connectivity index (χ2v) is 4.93. The molecule has 0 saturated carbocycles. The molecule has 3 nitrogen and oxygen atoms in total. The highest BCUT2D eigenvalue weighted by atomic mass is 79.9. The number of benzene rings is 1. The van der Waals surface area contributed by atoms with Gasteiger partial charge in [-0.2, -0.15) is 0 Å². The molecule has 1 heterocycles. The molecule has 0 radical (unpaired) electrons. The Hall–Kier alpha value is -1.16. The zero-order valence-corrected chi connectivity index (χ0v) is 10.8. The smallest absolute Gasteiger partial charge is 0.234 e. The largest absolute Gasteiger partial charge is 0.274 e. The van der Waals surface area contributed by atoms with Crippen LogP contribution in [0.5, 0.6) is 0 Å². The first-order valence-electron chi connectivity index (χ1n) is 5.13. The van der Waals surface area contributed by atoms with Gasteiger partial charge < -0.3 is 0 Å². The molecule has 1 aromatic carbocycles. The third kappa shape index (κ3) is 1.78. The first-order chi connectivity index (χ1) is 7.50. The van der Waals surface area contributed by atoms with Crippen molar-refractivity contribution in [2.75, 3.05) is 4.90 Å². The Balaban J connectivity index is 2.55. The van der Waals surface area contributed by atoms with Gasteiger partial charge in [0.25, 0.3) is 0 Å². The Bertz CT molecular complexity index is 443. The number of rotatable bonds is 1. The first kappa shape index (κ1) is 11.3. The van der Waals surface area contributed by atoms with Crippen molar-refractivity contribution in [3.05, 3.63) is 27.7 Å². The van der Waals surface area contributed by atoms with Gasteiger partial charge in [0.1, 0.15) is 0 Å². The number of aryl methyl sites for hydroxylation is 2. The minimum absolute atomic E-state index is 0.0986. The quantitative estimate of drug-likeness (QED) is 0.743. The van der Waals surface area contributed by atoms with Crippen molar-refractivity contribution in [1.29, 1.82) is 0 Å². The predicted octanol–water partition coefficient (Wildman–Crippen LogP) is 2.72. The van der Waals surface area contributed by atoms with Crippen molar-refractivity contribution in [2.24, 2.45) is 0 Å². The number of amides is 2. The van der Waals surface area contributed by atoms with E-state index in [0.29, 0.717) is 12.8 Å². The van der Waals surface area contributed by atoms with Gasteiger partial charge in [0.05, 0.1) is 5.69 Å². The molecule has 0 spiro atoms. The van der Waals surface area contributed by atoms with Crippen molar-refractivity contribution in [1.82, 2.24) is 0 Å². The first-order valence-corrected chi connectivity index (χ1v) is 5.92. The molecule has 0 N–H and O–H groups in total. The highest BCUT2D eigenvalue weighted by Crippen LogP contribution is 2.31. The number of nitrogens with zero attached hydrogens (tertiary/aromatic N) is 1. The van der Waals surface area contributed by atoms with Gasteiger partial charge in [-0.3, -0.25) is 14.5 Å². The average molecular weight is 282 g/mol. The Labute approximate surface area is 103 Å². The van der Waals surface area contributed by atoms with Crippen LogP contribution in [0.2, 0.25) is 0 Å². The molecule has 84 valence electrons. The van der Waals surface area contributed by atoms with Crippen molar-refractivity contribution in [3.8, 4) is 0 Å². The molecule has 1 aliphatic heterocycles. The summed E-state index contributed by atoms with van der Waals surface area (Å²) < 4.78 is 0.963. The molecule has 0 unspecified atom stereocenters. The molecular formula is C12H12BrNO2. The Morgan fingerprint density at radius 3 is 1.94 bits per heavy atom. The molecule has 2 rings (SSSR count). The topological polar surface area (TPSA) is 37.4 Å². The zero-order valence-electron chi connectivity index (χ0n) is 9.21. The summed E-state index contributed by atoms with van der Waals surface area (Å²) in [4.78, 5) is 24.7. The maximum atomic E-state index is 11.7. The number of carbonyl (C=O) groups is 2. The van der Waals surface area contributed by atoms with Crippen LogP contribution in [0.15, 0.2) is 16.6 Å². The number of hydrogen-bond acceptors (Lipinski definition) is 2. The molecular weight excluding hydrogens is 270 g/mol. The summed E-state index contributed by atoms with van der Waals surface area (Å²) in [5, 5.41) is 0. The molecule has 1 aliphatic rings. The summed E-state index contributed by atoms with van der Waals surface area (Å²) in [6, 6.07) is 3.84. The molecule has 2 amide bonds. The Morgan fingerprint density at radius 1 is 1.06 bits per heavy atom. The van der Waals surface area contributed by atoms with Crippen molar-refractivity contribution in [2.45, 2.75) is 26.7 Å². The summed E-state index contributed by atoms with van der Waals surface area (Å²) in [6.45, 7) is 3.82. The molecule has 1 fully saturated rings. The van der Waals surface area contributed by atoms with E-state index in [4.69, 9.17) is 0 Å². The molecule has 1 aromatic rings. The van der Waals surface area contributed by atoms with Crippen LogP contribution in [0.1, 0.15) is 24.0 Å². The number of imide groups is 1. The molecule has 0 atom stereocenters. The lowest BCUT2D eigenvalue weighted by Crippen LogP contribution is -2.30. The Morgan fingerprint density at radius 2 is 1.50 bits per heavy atom. The van der Waals surface area contributed by atoms with Crippen molar-refractivity contribution < 1.29 is 9.59 Å². The molecule has 0 aliphatic carbocycles. The third-order valence-electron chi connectivity index (χ3n) is 2.73. The number of halogens is 1. The van der Waals surface area contributed by atoms with Gasteiger partial charge in [0, 0.05) is 17.3 Å². The fourth-order valence-corrected chi connectivity index (χ4v) is 2.77. The van der Waals surface area contributed by atoms with E-state index in [1.54, 1.807) is 0 Å². The number of hydrogen-bond donors (Lipinski definition) is 0. The van der Waals surface area contributed by atoms with Gasteiger partial charge >= 0.3 is 0 Å². The lowest BCUT2D eigenvalue weighted by Gasteiger charge is -2.19. The zero-order chi connectivity index (χ0) is 11.9. The SMILES string of the molecule is Cc1cc(Br)cc(C)c1N1C(=O)CCC1=O. The van der Waals surface area contributed by atoms with Crippen molar-refractivity contribution in [3.63, 3.8) is 0 Å². The van der Waals surface area contributed by atoms with Crippen molar-refractivity contribution >= 4 is 33.4 Å². The molecule has 4 heteroatoms. The molecule has 16 heavy (non-hydrogen) atoms. The lowest BCUT2D eigenvalue weighted by molar-refractivity contribution is -0.121. The minimum atomic E-state index is -0.0986. The van der Waals surface area contributed by atoms with Crippen LogP contribution < -0.4 is 4.90 Å². The second-order valence-electron chi connectivity index (χ2n) is 4.01. The molecule has 0 aromatic heterocycles. The monoisotopic (exact) mass is 281 g/mol. The number of anilines is 1. The number of carbonyl (C=O) groups excluding carboxylic acids is 2. The maximum absolute atomic E-state index is 11.7. The van der Waals surface area contributed by atoms with Gasteiger partial charge in [-0.15, -0.1) is 0 Å². The normalized spacial score (nSPS) is 16.1. The third-order valence-corrected chi connectivity index (χ3v) is 3.19. The van der Waals surface area contributed by atoms with E-state index >= 15 is 0 Å². The van der Waals surface area contributed by atoms with Crippen LogP contribution in [0, 0.1) is 13.8 Å². The van der Waals surface area contributed by atoms with Crippen LogP contribution in [0.3, 0.4) is 0 Å². The molecule has 1 saturated heterocycles. The Kier molecular flexibility index (Phi) is 2.84. The van der Waals surface area contributed by atoms with E-state index in [0.717, 1.165) is 21.3 Å².